The number of hydrogen-bond acceptors (Lipinski definition) is 4. The van der Waals surface area contributed by atoms with Crippen LogP contribution < -0.4 is 5.32 Å². The molecular formula is C15H15BrN2O3S. The Morgan fingerprint density at radius 2 is 1.95 bits per heavy atom. The second-order valence-electron chi connectivity index (χ2n) is 4.82. The van der Waals surface area contributed by atoms with Crippen molar-refractivity contribution >= 4 is 39.1 Å². The van der Waals surface area contributed by atoms with Gasteiger partial charge in [-0.3, -0.25) is 9.59 Å². The Kier molecular flexibility index (Phi) is 5.31. The zero-order valence-electron chi connectivity index (χ0n) is 12.1. The standard InChI is InChI=1S/C15H15BrN2O3S/c1-8-14(22-9(2)17-8)15(21)18-12(7-13(19)20)10-3-5-11(16)6-4-10/h3-6,12H,7H2,1-2H3,(H,18,21)(H,19,20). The van der Waals surface area contributed by atoms with Gasteiger partial charge in [0.05, 0.1) is 23.2 Å². The molecule has 0 aliphatic heterocycles. The zero-order chi connectivity index (χ0) is 16.3. The van der Waals surface area contributed by atoms with Gasteiger partial charge in [-0.2, -0.15) is 0 Å². The number of amides is 1. The maximum Gasteiger partial charge on any atom is 0.305 e. The van der Waals surface area contributed by atoms with Crippen LogP contribution in [0.3, 0.4) is 0 Å². The van der Waals surface area contributed by atoms with E-state index in [-0.39, 0.29) is 12.3 Å². The molecule has 1 atom stereocenters. The molecule has 0 saturated heterocycles. The lowest BCUT2D eigenvalue weighted by molar-refractivity contribution is -0.137. The van der Waals surface area contributed by atoms with Gasteiger partial charge in [0, 0.05) is 4.47 Å². The molecular weight excluding hydrogens is 368 g/mol. The number of carboxylic acids is 1. The van der Waals surface area contributed by atoms with Crippen LogP contribution in [0.15, 0.2) is 28.7 Å². The molecule has 116 valence electrons. The molecule has 1 aromatic carbocycles. The number of nitrogens with one attached hydrogen (secondary N) is 1. The van der Waals surface area contributed by atoms with Crippen molar-refractivity contribution in [3.05, 3.63) is 49.9 Å². The van der Waals surface area contributed by atoms with Crippen LogP contribution in [-0.2, 0) is 4.79 Å². The maximum absolute atomic E-state index is 12.4. The van der Waals surface area contributed by atoms with Gasteiger partial charge in [-0.05, 0) is 31.5 Å². The number of rotatable bonds is 5. The summed E-state index contributed by atoms with van der Waals surface area (Å²) in [5.74, 6) is -1.26. The van der Waals surface area contributed by atoms with Crippen molar-refractivity contribution in [3.63, 3.8) is 0 Å². The number of thiazole rings is 1. The van der Waals surface area contributed by atoms with Crippen LogP contribution in [0.5, 0.6) is 0 Å². The first-order chi connectivity index (χ1) is 10.4. The fourth-order valence-electron chi connectivity index (χ4n) is 2.09. The third-order valence-electron chi connectivity index (χ3n) is 3.07. The molecule has 0 bridgehead atoms. The Morgan fingerprint density at radius 3 is 2.45 bits per heavy atom. The Labute approximate surface area is 140 Å². The molecule has 0 saturated carbocycles. The zero-order valence-corrected chi connectivity index (χ0v) is 14.5. The summed E-state index contributed by atoms with van der Waals surface area (Å²) in [5.41, 5.74) is 1.41. The minimum absolute atomic E-state index is 0.176. The quantitative estimate of drug-likeness (QED) is 0.829. The van der Waals surface area contributed by atoms with Crippen molar-refractivity contribution in [2.45, 2.75) is 26.3 Å². The monoisotopic (exact) mass is 382 g/mol. The van der Waals surface area contributed by atoms with Crippen molar-refractivity contribution in [1.82, 2.24) is 10.3 Å². The average molecular weight is 383 g/mol. The minimum atomic E-state index is -0.967. The number of carbonyl (C=O) groups is 2. The fourth-order valence-corrected chi connectivity index (χ4v) is 3.17. The van der Waals surface area contributed by atoms with E-state index >= 15 is 0 Å². The van der Waals surface area contributed by atoms with E-state index < -0.39 is 12.0 Å². The van der Waals surface area contributed by atoms with Crippen LogP contribution >= 0.6 is 27.3 Å². The molecule has 0 radical (unpaired) electrons. The van der Waals surface area contributed by atoms with Gasteiger partial charge in [-0.1, -0.05) is 28.1 Å². The predicted octanol–water partition coefficient (Wildman–Crippen LogP) is 3.47. The molecule has 2 rings (SSSR count). The molecule has 22 heavy (non-hydrogen) atoms. The van der Waals surface area contributed by atoms with Crippen LogP contribution in [0.2, 0.25) is 0 Å². The molecule has 5 nitrogen and oxygen atoms in total. The molecule has 7 heteroatoms. The number of hydrogen-bond donors (Lipinski definition) is 2. The first-order valence-electron chi connectivity index (χ1n) is 6.59. The summed E-state index contributed by atoms with van der Waals surface area (Å²) in [4.78, 5) is 28.2. The van der Waals surface area contributed by atoms with E-state index in [0.717, 1.165) is 15.0 Å². The van der Waals surface area contributed by atoms with Gasteiger partial charge in [-0.15, -0.1) is 11.3 Å². The summed E-state index contributed by atoms with van der Waals surface area (Å²) in [6, 6.07) is 6.64. The molecule has 0 spiro atoms. The van der Waals surface area contributed by atoms with Crippen LogP contribution in [0.4, 0.5) is 0 Å². The van der Waals surface area contributed by atoms with Crippen molar-refractivity contribution in [2.75, 3.05) is 0 Å². The van der Waals surface area contributed by atoms with E-state index in [4.69, 9.17) is 5.11 Å². The number of aliphatic carboxylic acids is 1. The number of benzene rings is 1. The molecule has 0 aliphatic carbocycles. The summed E-state index contributed by atoms with van der Waals surface area (Å²) < 4.78 is 0.894. The predicted molar refractivity (Wildman–Crippen MR) is 88.2 cm³/mol. The summed E-state index contributed by atoms with van der Waals surface area (Å²) in [7, 11) is 0. The van der Waals surface area contributed by atoms with E-state index in [1.807, 2.05) is 19.1 Å². The van der Waals surface area contributed by atoms with Gasteiger partial charge >= 0.3 is 5.97 Å². The smallest absolute Gasteiger partial charge is 0.305 e. The molecule has 0 fully saturated rings. The van der Waals surface area contributed by atoms with Gasteiger partial charge in [0.25, 0.3) is 5.91 Å². The number of aromatic nitrogens is 1. The van der Waals surface area contributed by atoms with E-state index in [1.165, 1.54) is 11.3 Å². The van der Waals surface area contributed by atoms with Crippen molar-refractivity contribution < 1.29 is 14.7 Å². The fraction of sp³-hybridized carbons (Fsp3) is 0.267. The van der Waals surface area contributed by atoms with Crippen molar-refractivity contribution in [1.29, 1.82) is 0 Å². The van der Waals surface area contributed by atoms with Crippen molar-refractivity contribution in [3.8, 4) is 0 Å². The Bertz CT molecular complexity index is 697. The maximum atomic E-state index is 12.4. The number of aryl methyl sites for hydroxylation is 2. The Morgan fingerprint density at radius 1 is 1.32 bits per heavy atom. The summed E-state index contributed by atoms with van der Waals surface area (Å²) in [6.45, 7) is 3.60. The minimum Gasteiger partial charge on any atom is -0.481 e. The van der Waals surface area contributed by atoms with Gasteiger partial charge < -0.3 is 10.4 Å². The molecule has 1 heterocycles. The van der Waals surface area contributed by atoms with E-state index in [1.54, 1.807) is 19.1 Å². The average Bonchev–Trinajstić information content (AvgIpc) is 2.77. The molecule has 1 amide bonds. The van der Waals surface area contributed by atoms with Gasteiger partial charge in [0.1, 0.15) is 4.88 Å². The van der Waals surface area contributed by atoms with Crippen LogP contribution in [0, 0.1) is 13.8 Å². The normalized spacial score (nSPS) is 12.0. The number of halogens is 1. The van der Waals surface area contributed by atoms with E-state index in [9.17, 15) is 9.59 Å². The number of nitrogens with zero attached hydrogens (tertiary/aromatic N) is 1. The number of carboxylic acid groups (broad SMARTS) is 1. The second kappa shape index (κ2) is 7.02. The Balaban J connectivity index is 2.23. The van der Waals surface area contributed by atoms with Crippen LogP contribution in [0.25, 0.3) is 0 Å². The van der Waals surface area contributed by atoms with E-state index in [2.05, 4.69) is 26.2 Å². The Hall–Kier alpha value is -1.73. The largest absolute Gasteiger partial charge is 0.481 e. The summed E-state index contributed by atoms with van der Waals surface area (Å²) >= 11 is 4.64. The lowest BCUT2D eigenvalue weighted by atomic mass is 10.0. The van der Waals surface area contributed by atoms with Crippen LogP contribution in [-0.4, -0.2) is 22.0 Å². The highest BCUT2D eigenvalue weighted by atomic mass is 79.9. The van der Waals surface area contributed by atoms with Gasteiger partial charge in [-0.25, -0.2) is 4.98 Å². The highest BCUT2D eigenvalue weighted by molar-refractivity contribution is 9.10. The highest BCUT2D eigenvalue weighted by Crippen LogP contribution is 2.22. The summed E-state index contributed by atoms with van der Waals surface area (Å²) in [6.07, 6.45) is -0.176. The SMILES string of the molecule is Cc1nc(C)c(C(=O)NC(CC(=O)O)c2ccc(Br)cc2)s1. The van der Waals surface area contributed by atoms with Gasteiger partial charge in [0.2, 0.25) is 0 Å². The first kappa shape index (κ1) is 16.6. The second-order valence-corrected chi connectivity index (χ2v) is 6.94. The third-order valence-corrected chi connectivity index (χ3v) is 4.67. The number of carbonyl (C=O) groups excluding carboxylic acids is 1. The highest BCUT2D eigenvalue weighted by Gasteiger charge is 2.21. The molecule has 2 aromatic rings. The van der Waals surface area contributed by atoms with Crippen LogP contribution in [0.1, 0.15) is 38.4 Å². The molecule has 1 unspecified atom stereocenters. The lowest BCUT2D eigenvalue weighted by Gasteiger charge is -2.17. The first-order valence-corrected chi connectivity index (χ1v) is 8.20. The third kappa shape index (κ3) is 4.14. The van der Waals surface area contributed by atoms with Crippen molar-refractivity contribution in [2.24, 2.45) is 0 Å². The lowest BCUT2D eigenvalue weighted by Crippen LogP contribution is -2.30. The topological polar surface area (TPSA) is 79.3 Å². The molecule has 2 N–H and O–H groups in total. The van der Waals surface area contributed by atoms with Gasteiger partial charge in [0.15, 0.2) is 0 Å². The summed E-state index contributed by atoms with van der Waals surface area (Å²) in [5, 5.41) is 12.7. The molecule has 1 aromatic heterocycles. The molecule has 0 aliphatic rings. The van der Waals surface area contributed by atoms with E-state index in [0.29, 0.717) is 10.6 Å².